The van der Waals surface area contributed by atoms with Gasteiger partial charge >= 0.3 is 11.2 Å². The molecule has 1 aromatic heterocycles. The first-order chi connectivity index (χ1) is 8.79. The van der Waals surface area contributed by atoms with E-state index in [0.717, 1.165) is 23.5 Å². The third kappa shape index (κ3) is 2.68. The summed E-state index contributed by atoms with van der Waals surface area (Å²) in [7, 11) is 0. The van der Waals surface area contributed by atoms with Crippen molar-refractivity contribution in [3.63, 3.8) is 0 Å². The summed E-state index contributed by atoms with van der Waals surface area (Å²) in [6, 6.07) is 5.88. The number of benzene rings is 1. The summed E-state index contributed by atoms with van der Waals surface area (Å²) in [4.78, 5) is 10.3. The van der Waals surface area contributed by atoms with Crippen molar-refractivity contribution in [2.45, 2.75) is 6.18 Å². The van der Waals surface area contributed by atoms with Gasteiger partial charge in [-0.05, 0) is 23.8 Å². The highest BCUT2D eigenvalue weighted by atomic mass is 32.1. The minimum absolute atomic E-state index is 0.0533. The lowest BCUT2D eigenvalue weighted by atomic mass is 10.1. The molecule has 0 aliphatic heterocycles. The predicted molar refractivity (Wildman–Crippen MR) is 65.8 cm³/mol. The van der Waals surface area contributed by atoms with Crippen LogP contribution in [-0.4, -0.2) is 4.92 Å². The first-order valence-corrected chi connectivity index (χ1v) is 5.82. The molecule has 0 fully saturated rings. The first-order valence-electron chi connectivity index (χ1n) is 5.00. The molecule has 0 saturated heterocycles. The number of nitrogen functional groups attached to an aromatic ring is 1. The van der Waals surface area contributed by atoms with E-state index in [2.05, 4.69) is 0 Å². The second-order valence-electron chi connectivity index (χ2n) is 3.71. The van der Waals surface area contributed by atoms with Crippen LogP contribution in [0.4, 0.5) is 23.9 Å². The van der Waals surface area contributed by atoms with Crippen molar-refractivity contribution in [1.82, 2.24) is 0 Å². The molecular weight excluding hydrogens is 281 g/mol. The van der Waals surface area contributed by atoms with E-state index < -0.39 is 16.7 Å². The SMILES string of the molecule is Nc1cc(-c2cccc(C(F)(F)F)c2)sc1[N+](=O)[O-]. The second kappa shape index (κ2) is 4.54. The van der Waals surface area contributed by atoms with Crippen molar-refractivity contribution in [1.29, 1.82) is 0 Å². The van der Waals surface area contributed by atoms with Crippen molar-refractivity contribution < 1.29 is 18.1 Å². The lowest BCUT2D eigenvalue weighted by Crippen LogP contribution is -2.04. The summed E-state index contributed by atoms with van der Waals surface area (Å²) in [5, 5.41) is 10.4. The van der Waals surface area contributed by atoms with Gasteiger partial charge in [0.1, 0.15) is 5.69 Å². The molecule has 0 atom stereocenters. The molecule has 0 saturated carbocycles. The normalized spacial score (nSPS) is 11.5. The van der Waals surface area contributed by atoms with Gasteiger partial charge in [-0.15, -0.1) is 0 Å². The molecule has 0 amide bonds. The molecule has 1 aromatic carbocycles. The van der Waals surface area contributed by atoms with Crippen LogP contribution in [0.15, 0.2) is 30.3 Å². The third-order valence-electron chi connectivity index (χ3n) is 2.38. The molecule has 0 spiro atoms. The number of anilines is 1. The quantitative estimate of drug-likeness (QED) is 0.672. The van der Waals surface area contributed by atoms with Gasteiger partial charge in [0.2, 0.25) is 0 Å². The number of alkyl halides is 3. The van der Waals surface area contributed by atoms with E-state index in [1.807, 2.05) is 0 Å². The van der Waals surface area contributed by atoms with Gasteiger partial charge in [-0.1, -0.05) is 23.5 Å². The predicted octanol–water partition coefficient (Wildman–Crippen LogP) is 3.92. The van der Waals surface area contributed by atoms with Crippen molar-refractivity contribution in [3.8, 4) is 10.4 Å². The maximum Gasteiger partial charge on any atom is 0.416 e. The van der Waals surface area contributed by atoms with Gasteiger partial charge < -0.3 is 5.73 Å². The fraction of sp³-hybridized carbons (Fsp3) is 0.0909. The van der Waals surface area contributed by atoms with Crippen LogP contribution >= 0.6 is 11.3 Å². The van der Waals surface area contributed by atoms with Crippen molar-refractivity contribution >= 4 is 22.0 Å². The van der Waals surface area contributed by atoms with Crippen molar-refractivity contribution in [2.75, 3.05) is 5.73 Å². The molecule has 100 valence electrons. The van der Waals surface area contributed by atoms with E-state index in [-0.39, 0.29) is 16.3 Å². The summed E-state index contributed by atoms with van der Waals surface area (Å²) in [6.45, 7) is 0. The van der Waals surface area contributed by atoms with Gasteiger partial charge in [0.15, 0.2) is 0 Å². The highest BCUT2D eigenvalue weighted by Gasteiger charge is 2.30. The Labute approximate surface area is 109 Å². The average molecular weight is 288 g/mol. The van der Waals surface area contributed by atoms with Gasteiger partial charge in [0.25, 0.3) is 0 Å². The largest absolute Gasteiger partial charge is 0.416 e. The number of nitrogens with zero attached hydrogens (tertiary/aromatic N) is 1. The zero-order valence-corrected chi connectivity index (χ0v) is 10.1. The number of hydrogen-bond acceptors (Lipinski definition) is 4. The Bertz CT molecular complexity index is 637. The van der Waals surface area contributed by atoms with E-state index in [0.29, 0.717) is 4.88 Å². The molecule has 2 N–H and O–H groups in total. The summed E-state index contributed by atoms with van der Waals surface area (Å²) < 4.78 is 37.7. The fourth-order valence-corrected chi connectivity index (χ4v) is 2.42. The van der Waals surface area contributed by atoms with E-state index in [9.17, 15) is 23.3 Å². The molecule has 0 unspecified atom stereocenters. The number of hydrogen-bond donors (Lipinski definition) is 1. The summed E-state index contributed by atoms with van der Waals surface area (Å²) in [6.07, 6.45) is -4.45. The van der Waals surface area contributed by atoms with Crippen LogP contribution in [0, 0.1) is 10.1 Å². The first kappa shape index (κ1) is 13.3. The molecule has 0 aliphatic rings. The Balaban J connectivity index is 2.48. The van der Waals surface area contributed by atoms with Crippen molar-refractivity contribution in [3.05, 3.63) is 46.0 Å². The topological polar surface area (TPSA) is 69.2 Å². The zero-order valence-electron chi connectivity index (χ0n) is 9.27. The van der Waals surface area contributed by atoms with Gasteiger partial charge in [-0.3, -0.25) is 10.1 Å². The molecule has 2 rings (SSSR count). The highest BCUT2D eigenvalue weighted by Crippen LogP contribution is 2.40. The number of nitro groups is 1. The zero-order chi connectivity index (χ0) is 14.2. The Morgan fingerprint density at radius 2 is 1.95 bits per heavy atom. The molecule has 2 aromatic rings. The van der Waals surface area contributed by atoms with E-state index in [4.69, 9.17) is 5.73 Å². The van der Waals surface area contributed by atoms with Gasteiger partial charge in [-0.2, -0.15) is 13.2 Å². The van der Waals surface area contributed by atoms with Gasteiger partial charge in [-0.25, -0.2) is 0 Å². The lowest BCUT2D eigenvalue weighted by molar-refractivity contribution is -0.379. The monoisotopic (exact) mass is 288 g/mol. The van der Waals surface area contributed by atoms with Crippen LogP contribution in [0.2, 0.25) is 0 Å². The van der Waals surface area contributed by atoms with Crippen LogP contribution in [-0.2, 0) is 6.18 Å². The van der Waals surface area contributed by atoms with Crippen LogP contribution < -0.4 is 5.73 Å². The number of halogens is 3. The molecule has 0 aliphatic carbocycles. The molecule has 0 radical (unpaired) electrons. The molecule has 0 bridgehead atoms. The Hall–Kier alpha value is -2.09. The van der Waals surface area contributed by atoms with Crippen LogP contribution in [0.25, 0.3) is 10.4 Å². The fourth-order valence-electron chi connectivity index (χ4n) is 1.53. The molecule has 8 heteroatoms. The van der Waals surface area contributed by atoms with Crippen LogP contribution in [0.3, 0.4) is 0 Å². The number of nitrogens with two attached hydrogens (primary N) is 1. The Morgan fingerprint density at radius 3 is 2.47 bits per heavy atom. The van der Waals surface area contributed by atoms with Crippen LogP contribution in [0.5, 0.6) is 0 Å². The van der Waals surface area contributed by atoms with E-state index in [1.165, 1.54) is 18.2 Å². The average Bonchev–Trinajstić information content (AvgIpc) is 2.70. The molecular formula is C11H7F3N2O2S. The Morgan fingerprint density at radius 1 is 1.26 bits per heavy atom. The molecule has 1 heterocycles. The van der Waals surface area contributed by atoms with E-state index >= 15 is 0 Å². The minimum atomic E-state index is -4.45. The Kier molecular flexibility index (Phi) is 3.19. The summed E-state index contributed by atoms with van der Waals surface area (Å²) >= 11 is 0.749. The van der Waals surface area contributed by atoms with Crippen molar-refractivity contribution in [2.24, 2.45) is 0 Å². The van der Waals surface area contributed by atoms with E-state index in [1.54, 1.807) is 0 Å². The molecule has 4 nitrogen and oxygen atoms in total. The molecule has 19 heavy (non-hydrogen) atoms. The highest BCUT2D eigenvalue weighted by molar-refractivity contribution is 7.19. The summed E-state index contributed by atoms with van der Waals surface area (Å²) in [5.74, 6) is 0. The van der Waals surface area contributed by atoms with Gasteiger partial charge in [0, 0.05) is 4.88 Å². The third-order valence-corrected chi connectivity index (χ3v) is 3.53. The smallest absolute Gasteiger partial charge is 0.392 e. The standard InChI is InChI=1S/C11H7F3N2O2S/c12-11(13,14)7-3-1-2-6(4-7)9-5-8(15)10(19-9)16(17)18/h1-5H,15H2. The minimum Gasteiger partial charge on any atom is -0.392 e. The maximum absolute atomic E-state index is 12.6. The number of thiophene rings is 1. The maximum atomic E-state index is 12.6. The van der Waals surface area contributed by atoms with Crippen LogP contribution in [0.1, 0.15) is 5.56 Å². The summed E-state index contributed by atoms with van der Waals surface area (Å²) in [5.41, 5.74) is 4.84. The number of rotatable bonds is 2. The lowest BCUT2D eigenvalue weighted by Gasteiger charge is -2.07. The van der Waals surface area contributed by atoms with Gasteiger partial charge in [0.05, 0.1) is 10.5 Å². The second-order valence-corrected chi connectivity index (χ2v) is 4.74.